The normalized spacial score (nSPS) is 10.3. The maximum absolute atomic E-state index is 12.2. The van der Waals surface area contributed by atoms with Crippen LogP contribution in [0.5, 0.6) is 0 Å². The number of aromatic nitrogens is 1. The lowest BCUT2D eigenvalue weighted by Crippen LogP contribution is -2.13. The number of pyridine rings is 1. The Bertz CT molecular complexity index is 618. The van der Waals surface area contributed by atoms with Crippen molar-refractivity contribution >= 4 is 27.5 Å². The molecular weight excluding hydrogens is 304 g/mol. The number of carbonyl (C=O) groups excluding carboxylic acids is 1. The van der Waals surface area contributed by atoms with Gasteiger partial charge in [0.15, 0.2) is 0 Å². The van der Waals surface area contributed by atoms with Crippen molar-refractivity contribution in [1.82, 2.24) is 4.98 Å². The van der Waals surface area contributed by atoms with Gasteiger partial charge in [0.1, 0.15) is 0 Å². The SMILES string of the molecule is Cc1cc(Br)cc(C(=O)Nc2ccc(C)nc2C)c1. The van der Waals surface area contributed by atoms with Gasteiger partial charge in [-0.25, -0.2) is 0 Å². The molecule has 0 saturated heterocycles. The van der Waals surface area contributed by atoms with Crippen LogP contribution in [-0.2, 0) is 0 Å². The second kappa shape index (κ2) is 5.53. The number of nitrogens with one attached hydrogen (secondary N) is 1. The lowest BCUT2D eigenvalue weighted by molar-refractivity contribution is 0.102. The average molecular weight is 319 g/mol. The maximum atomic E-state index is 12.2. The van der Waals surface area contributed by atoms with Crippen molar-refractivity contribution in [2.75, 3.05) is 5.32 Å². The minimum Gasteiger partial charge on any atom is -0.320 e. The van der Waals surface area contributed by atoms with E-state index in [9.17, 15) is 4.79 Å². The zero-order valence-corrected chi connectivity index (χ0v) is 12.7. The Labute approximate surface area is 121 Å². The molecule has 98 valence electrons. The molecule has 0 unspecified atom stereocenters. The van der Waals surface area contributed by atoms with Crippen LogP contribution < -0.4 is 5.32 Å². The van der Waals surface area contributed by atoms with E-state index in [0.717, 1.165) is 27.1 Å². The molecule has 4 heteroatoms. The lowest BCUT2D eigenvalue weighted by Gasteiger charge is -2.09. The predicted molar refractivity (Wildman–Crippen MR) is 80.5 cm³/mol. The van der Waals surface area contributed by atoms with Gasteiger partial charge in [-0.2, -0.15) is 0 Å². The number of halogens is 1. The number of aryl methyl sites for hydroxylation is 3. The summed E-state index contributed by atoms with van der Waals surface area (Å²) in [5.41, 5.74) is 4.17. The molecule has 0 aliphatic rings. The molecule has 1 heterocycles. The maximum Gasteiger partial charge on any atom is 0.255 e. The van der Waals surface area contributed by atoms with E-state index in [1.807, 2.05) is 45.0 Å². The zero-order chi connectivity index (χ0) is 14.0. The van der Waals surface area contributed by atoms with Crippen LogP contribution in [0.4, 0.5) is 5.69 Å². The second-order valence-corrected chi connectivity index (χ2v) is 5.47. The Morgan fingerprint density at radius 2 is 1.89 bits per heavy atom. The van der Waals surface area contributed by atoms with Crippen molar-refractivity contribution in [2.24, 2.45) is 0 Å². The van der Waals surface area contributed by atoms with E-state index < -0.39 is 0 Å². The summed E-state index contributed by atoms with van der Waals surface area (Å²) in [6, 6.07) is 9.39. The first-order chi connectivity index (χ1) is 8.95. The van der Waals surface area contributed by atoms with Crippen LogP contribution in [0, 0.1) is 20.8 Å². The van der Waals surface area contributed by atoms with Gasteiger partial charge in [-0.05, 0) is 56.7 Å². The van der Waals surface area contributed by atoms with Crippen LogP contribution >= 0.6 is 15.9 Å². The number of hydrogen-bond donors (Lipinski definition) is 1. The van der Waals surface area contributed by atoms with E-state index in [-0.39, 0.29) is 5.91 Å². The Morgan fingerprint density at radius 1 is 1.16 bits per heavy atom. The molecule has 2 rings (SSSR count). The van der Waals surface area contributed by atoms with E-state index >= 15 is 0 Å². The molecule has 0 fully saturated rings. The summed E-state index contributed by atoms with van der Waals surface area (Å²) in [7, 11) is 0. The molecular formula is C15H15BrN2O. The minimum absolute atomic E-state index is 0.127. The van der Waals surface area contributed by atoms with Crippen LogP contribution in [0.15, 0.2) is 34.8 Å². The molecule has 1 amide bonds. The molecule has 2 aromatic rings. The van der Waals surface area contributed by atoms with Gasteiger partial charge < -0.3 is 5.32 Å². The Hall–Kier alpha value is -1.68. The van der Waals surface area contributed by atoms with Gasteiger partial charge in [-0.3, -0.25) is 9.78 Å². The topological polar surface area (TPSA) is 42.0 Å². The summed E-state index contributed by atoms with van der Waals surface area (Å²) in [5, 5.41) is 2.89. The third kappa shape index (κ3) is 3.41. The van der Waals surface area contributed by atoms with Crippen LogP contribution in [-0.4, -0.2) is 10.9 Å². The molecule has 3 nitrogen and oxygen atoms in total. The smallest absolute Gasteiger partial charge is 0.255 e. The summed E-state index contributed by atoms with van der Waals surface area (Å²) < 4.78 is 0.899. The molecule has 0 aliphatic heterocycles. The van der Waals surface area contributed by atoms with E-state index in [4.69, 9.17) is 0 Å². The van der Waals surface area contributed by atoms with Crippen molar-refractivity contribution in [1.29, 1.82) is 0 Å². The first kappa shape index (κ1) is 13.7. The molecule has 0 aliphatic carbocycles. The number of anilines is 1. The van der Waals surface area contributed by atoms with E-state index in [1.54, 1.807) is 6.07 Å². The summed E-state index contributed by atoms with van der Waals surface area (Å²) in [5.74, 6) is -0.127. The van der Waals surface area contributed by atoms with Crippen molar-refractivity contribution in [3.63, 3.8) is 0 Å². The van der Waals surface area contributed by atoms with Gasteiger partial charge in [-0.1, -0.05) is 15.9 Å². The van der Waals surface area contributed by atoms with E-state index in [1.165, 1.54) is 0 Å². The first-order valence-corrected chi connectivity index (χ1v) is 6.78. The quantitative estimate of drug-likeness (QED) is 0.908. The molecule has 1 aromatic carbocycles. The molecule has 1 aromatic heterocycles. The average Bonchev–Trinajstić information content (AvgIpc) is 2.31. The van der Waals surface area contributed by atoms with Gasteiger partial charge in [0.25, 0.3) is 5.91 Å². The molecule has 19 heavy (non-hydrogen) atoms. The Morgan fingerprint density at radius 3 is 2.53 bits per heavy atom. The molecule has 0 saturated carbocycles. The van der Waals surface area contributed by atoms with Gasteiger partial charge in [-0.15, -0.1) is 0 Å². The highest BCUT2D eigenvalue weighted by Crippen LogP contribution is 2.18. The lowest BCUT2D eigenvalue weighted by atomic mass is 10.1. The predicted octanol–water partition coefficient (Wildman–Crippen LogP) is 4.02. The Balaban J connectivity index is 2.25. The molecule has 0 atom stereocenters. The monoisotopic (exact) mass is 318 g/mol. The molecule has 1 N–H and O–H groups in total. The van der Waals surface area contributed by atoms with Gasteiger partial charge in [0, 0.05) is 15.7 Å². The fourth-order valence-corrected chi connectivity index (χ4v) is 2.49. The van der Waals surface area contributed by atoms with Gasteiger partial charge >= 0.3 is 0 Å². The summed E-state index contributed by atoms with van der Waals surface area (Å²) in [6.07, 6.45) is 0. The van der Waals surface area contributed by atoms with Crippen molar-refractivity contribution in [3.8, 4) is 0 Å². The largest absolute Gasteiger partial charge is 0.320 e. The number of hydrogen-bond acceptors (Lipinski definition) is 2. The van der Waals surface area contributed by atoms with Gasteiger partial charge in [0.05, 0.1) is 11.4 Å². The number of nitrogens with zero attached hydrogens (tertiary/aromatic N) is 1. The standard InChI is InChI=1S/C15H15BrN2O/c1-9-6-12(8-13(16)7-9)15(19)18-14-5-4-10(2)17-11(14)3/h4-8H,1-3H3,(H,18,19). The fraction of sp³-hybridized carbons (Fsp3) is 0.200. The van der Waals surface area contributed by atoms with Crippen LogP contribution in [0.1, 0.15) is 27.3 Å². The highest BCUT2D eigenvalue weighted by Gasteiger charge is 2.09. The third-order valence-corrected chi connectivity index (χ3v) is 3.24. The first-order valence-electron chi connectivity index (χ1n) is 5.98. The van der Waals surface area contributed by atoms with Crippen molar-refractivity contribution < 1.29 is 4.79 Å². The number of benzene rings is 1. The molecule has 0 spiro atoms. The highest BCUT2D eigenvalue weighted by molar-refractivity contribution is 9.10. The number of rotatable bonds is 2. The molecule has 0 radical (unpaired) electrons. The second-order valence-electron chi connectivity index (χ2n) is 4.56. The van der Waals surface area contributed by atoms with Crippen molar-refractivity contribution in [3.05, 3.63) is 57.3 Å². The van der Waals surface area contributed by atoms with Crippen LogP contribution in [0.2, 0.25) is 0 Å². The zero-order valence-electron chi connectivity index (χ0n) is 11.1. The van der Waals surface area contributed by atoms with Crippen LogP contribution in [0.3, 0.4) is 0 Å². The van der Waals surface area contributed by atoms with Crippen molar-refractivity contribution in [2.45, 2.75) is 20.8 Å². The Kier molecular flexibility index (Phi) is 4.00. The van der Waals surface area contributed by atoms with Crippen LogP contribution in [0.25, 0.3) is 0 Å². The number of carbonyl (C=O) groups is 1. The highest BCUT2D eigenvalue weighted by atomic mass is 79.9. The summed E-state index contributed by atoms with van der Waals surface area (Å²) in [6.45, 7) is 5.77. The van der Waals surface area contributed by atoms with Gasteiger partial charge in [0.2, 0.25) is 0 Å². The molecule has 0 bridgehead atoms. The summed E-state index contributed by atoms with van der Waals surface area (Å²) in [4.78, 5) is 16.5. The fourth-order valence-electron chi connectivity index (χ4n) is 1.88. The number of amides is 1. The van der Waals surface area contributed by atoms with E-state index in [2.05, 4.69) is 26.2 Å². The summed E-state index contributed by atoms with van der Waals surface area (Å²) >= 11 is 3.40. The minimum atomic E-state index is -0.127. The third-order valence-electron chi connectivity index (χ3n) is 2.78. The van der Waals surface area contributed by atoms with E-state index in [0.29, 0.717) is 5.56 Å².